The highest BCUT2D eigenvalue weighted by Crippen LogP contribution is 2.21. The highest BCUT2D eigenvalue weighted by Gasteiger charge is 2.12. The number of aliphatic hydroxyl groups is 1. The molecule has 5 heteroatoms. The van der Waals surface area contributed by atoms with Gasteiger partial charge < -0.3 is 20.9 Å². The minimum Gasteiger partial charge on any atom is -0.489 e. The van der Waals surface area contributed by atoms with Crippen LogP contribution in [0.1, 0.15) is 5.56 Å². The van der Waals surface area contributed by atoms with Crippen LogP contribution >= 0.6 is 0 Å². The molecule has 0 saturated carbocycles. The lowest BCUT2D eigenvalue weighted by Crippen LogP contribution is -2.38. The van der Waals surface area contributed by atoms with Gasteiger partial charge in [0.15, 0.2) is 0 Å². The second kappa shape index (κ2) is 8.98. The molecule has 3 rings (SSSR count). The number of ether oxygens (including phenoxy) is 1. The Morgan fingerprint density at radius 1 is 0.963 bits per heavy atom. The van der Waals surface area contributed by atoms with E-state index in [1.165, 1.54) is 5.56 Å². The number of nitrogens with one attached hydrogen (secondary N) is 1. The van der Waals surface area contributed by atoms with Gasteiger partial charge in [-0.1, -0.05) is 60.7 Å². The molecule has 0 aliphatic heterocycles. The minimum atomic E-state index is -0.947. The number of benzene rings is 3. The zero-order valence-electron chi connectivity index (χ0n) is 14.8. The van der Waals surface area contributed by atoms with Gasteiger partial charge in [-0.3, -0.25) is 4.79 Å². The van der Waals surface area contributed by atoms with Crippen LogP contribution in [0, 0.1) is 0 Å². The van der Waals surface area contributed by atoms with Crippen molar-refractivity contribution in [1.82, 2.24) is 0 Å². The van der Waals surface area contributed by atoms with Crippen molar-refractivity contribution in [3.63, 3.8) is 0 Å². The van der Waals surface area contributed by atoms with Crippen LogP contribution in [0.25, 0.3) is 11.1 Å². The van der Waals surface area contributed by atoms with Crippen LogP contribution in [0.15, 0.2) is 78.9 Å². The van der Waals surface area contributed by atoms with Gasteiger partial charge in [0.1, 0.15) is 18.4 Å². The molecular weight excluding hydrogens is 340 g/mol. The third-order valence-electron chi connectivity index (χ3n) is 4.10. The monoisotopic (exact) mass is 362 g/mol. The molecule has 138 valence electrons. The summed E-state index contributed by atoms with van der Waals surface area (Å²) in [4.78, 5) is 11.7. The number of aliphatic hydroxyl groups excluding tert-OH is 1. The Labute approximate surface area is 158 Å². The maximum atomic E-state index is 11.7. The number of amides is 1. The number of carbonyl (C=O) groups excluding carboxylic acids is 1. The Kier molecular flexibility index (Phi) is 6.20. The van der Waals surface area contributed by atoms with Crippen LogP contribution in [0.5, 0.6) is 5.75 Å². The first-order valence-corrected chi connectivity index (χ1v) is 8.70. The molecule has 0 aliphatic rings. The van der Waals surface area contributed by atoms with Crippen molar-refractivity contribution in [3.05, 3.63) is 84.4 Å². The number of nitrogens with two attached hydrogens (primary N) is 1. The summed E-state index contributed by atoms with van der Waals surface area (Å²) in [5, 5.41) is 11.6. The maximum absolute atomic E-state index is 11.7. The van der Waals surface area contributed by atoms with Crippen molar-refractivity contribution in [2.45, 2.75) is 12.6 Å². The molecule has 1 amide bonds. The first-order valence-electron chi connectivity index (χ1n) is 8.70. The summed E-state index contributed by atoms with van der Waals surface area (Å²) in [6.07, 6.45) is 0. The maximum Gasteiger partial charge on any atom is 0.243 e. The van der Waals surface area contributed by atoms with Crippen LogP contribution in [0.3, 0.4) is 0 Å². The molecule has 0 aliphatic carbocycles. The Bertz CT molecular complexity index is 880. The molecule has 0 radical (unpaired) electrons. The van der Waals surface area contributed by atoms with E-state index in [2.05, 4.69) is 29.6 Å². The number of anilines is 1. The normalized spacial score (nSPS) is 11.6. The topological polar surface area (TPSA) is 84.6 Å². The summed E-state index contributed by atoms with van der Waals surface area (Å²) >= 11 is 0. The number of rotatable bonds is 7. The van der Waals surface area contributed by atoms with E-state index in [1.807, 2.05) is 36.4 Å². The van der Waals surface area contributed by atoms with Crippen molar-refractivity contribution < 1.29 is 14.6 Å². The first-order chi connectivity index (χ1) is 13.2. The summed E-state index contributed by atoms with van der Waals surface area (Å²) in [7, 11) is 0. The fourth-order valence-corrected chi connectivity index (χ4v) is 2.57. The van der Waals surface area contributed by atoms with E-state index in [1.54, 1.807) is 18.2 Å². The van der Waals surface area contributed by atoms with Crippen LogP contribution in [0.4, 0.5) is 5.69 Å². The fraction of sp³-hybridized carbons (Fsp3) is 0.136. The zero-order chi connectivity index (χ0) is 19.1. The van der Waals surface area contributed by atoms with Crippen molar-refractivity contribution in [1.29, 1.82) is 0 Å². The fourth-order valence-electron chi connectivity index (χ4n) is 2.57. The smallest absolute Gasteiger partial charge is 0.243 e. The lowest BCUT2D eigenvalue weighted by molar-refractivity contribution is -0.118. The molecule has 4 N–H and O–H groups in total. The average molecular weight is 362 g/mol. The van der Waals surface area contributed by atoms with Gasteiger partial charge in [0.2, 0.25) is 5.91 Å². The molecule has 27 heavy (non-hydrogen) atoms. The van der Waals surface area contributed by atoms with Crippen molar-refractivity contribution >= 4 is 11.6 Å². The molecule has 5 nitrogen and oxygen atoms in total. The zero-order valence-corrected chi connectivity index (χ0v) is 14.8. The van der Waals surface area contributed by atoms with Gasteiger partial charge in [-0.05, 0) is 28.8 Å². The lowest BCUT2D eigenvalue weighted by atomic mass is 10.0. The molecule has 0 spiro atoms. The Balaban J connectivity index is 1.60. The second-order valence-corrected chi connectivity index (χ2v) is 6.16. The average Bonchev–Trinajstić information content (AvgIpc) is 2.73. The van der Waals surface area contributed by atoms with Crippen molar-refractivity contribution in [2.75, 3.05) is 11.9 Å². The predicted octanol–water partition coefficient (Wildman–Crippen LogP) is 3.19. The van der Waals surface area contributed by atoms with E-state index in [4.69, 9.17) is 15.6 Å². The number of hydrogen-bond acceptors (Lipinski definition) is 4. The standard InChI is InChI=1S/C22H22N2O3/c23-21(14-25)22(26)24-19-7-4-8-20(13-19)27-15-16-9-11-18(12-10-16)17-5-2-1-3-6-17/h1-13,21,25H,14-15,23H2,(H,24,26)/t21-/m1/s1. The highest BCUT2D eigenvalue weighted by molar-refractivity contribution is 5.94. The van der Waals surface area contributed by atoms with Crippen LogP contribution < -0.4 is 15.8 Å². The summed E-state index contributed by atoms with van der Waals surface area (Å²) in [6.45, 7) is 0.0175. The Hall–Kier alpha value is -3.15. The first kappa shape index (κ1) is 18.6. The van der Waals surface area contributed by atoms with E-state index < -0.39 is 18.6 Å². The van der Waals surface area contributed by atoms with E-state index in [9.17, 15) is 4.79 Å². The van der Waals surface area contributed by atoms with Gasteiger partial charge in [-0.25, -0.2) is 0 Å². The van der Waals surface area contributed by atoms with Crippen molar-refractivity contribution in [3.8, 4) is 16.9 Å². The summed E-state index contributed by atoms with van der Waals surface area (Å²) in [5.74, 6) is 0.198. The minimum absolute atomic E-state index is 0.402. The summed E-state index contributed by atoms with van der Waals surface area (Å²) in [6, 6.07) is 24.5. The van der Waals surface area contributed by atoms with Crippen LogP contribution in [-0.4, -0.2) is 23.7 Å². The van der Waals surface area contributed by atoms with E-state index >= 15 is 0 Å². The SMILES string of the molecule is N[C@H](CO)C(=O)Nc1cccc(OCc2ccc(-c3ccccc3)cc2)c1. The predicted molar refractivity (Wildman–Crippen MR) is 106 cm³/mol. The van der Waals surface area contributed by atoms with Gasteiger partial charge in [-0.15, -0.1) is 0 Å². The van der Waals surface area contributed by atoms with E-state index in [0.29, 0.717) is 18.0 Å². The van der Waals surface area contributed by atoms with Gasteiger partial charge in [0.05, 0.1) is 6.61 Å². The molecular formula is C22H22N2O3. The molecule has 1 atom stereocenters. The van der Waals surface area contributed by atoms with Crippen LogP contribution in [0.2, 0.25) is 0 Å². The molecule has 0 unspecified atom stereocenters. The summed E-state index contributed by atoms with van der Waals surface area (Å²) in [5.41, 5.74) is 9.45. The largest absolute Gasteiger partial charge is 0.489 e. The van der Waals surface area contributed by atoms with E-state index in [-0.39, 0.29) is 0 Å². The lowest BCUT2D eigenvalue weighted by Gasteiger charge is -2.12. The molecule has 0 saturated heterocycles. The molecule has 3 aromatic rings. The van der Waals surface area contributed by atoms with Gasteiger partial charge >= 0.3 is 0 Å². The second-order valence-electron chi connectivity index (χ2n) is 6.16. The van der Waals surface area contributed by atoms with Gasteiger partial charge in [0.25, 0.3) is 0 Å². The molecule has 0 aromatic heterocycles. The molecule has 3 aromatic carbocycles. The summed E-state index contributed by atoms with van der Waals surface area (Å²) < 4.78 is 5.81. The number of carbonyl (C=O) groups is 1. The Morgan fingerprint density at radius 3 is 2.37 bits per heavy atom. The number of hydrogen-bond donors (Lipinski definition) is 3. The third-order valence-corrected chi connectivity index (χ3v) is 4.10. The molecule has 0 fully saturated rings. The third kappa shape index (κ3) is 5.17. The van der Waals surface area contributed by atoms with Crippen molar-refractivity contribution in [2.24, 2.45) is 5.73 Å². The molecule has 0 heterocycles. The quantitative estimate of drug-likeness (QED) is 0.603. The molecule has 0 bridgehead atoms. The van der Waals surface area contributed by atoms with Crippen LogP contribution in [-0.2, 0) is 11.4 Å². The van der Waals surface area contributed by atoms with Gasteiger partial charge in [0, 0.05) is 11.8 Å². The van der Waals surface area contributed by atoms with Gasteiger partial charge in [-0.2, -0.15) is 0 Å². The Morgan fingerprint density at radius 2 is 1.67 bits per heavy atom. The highest BCUT2D eigenvalue weighted by atomic mass is 16.5. The van der Waals surface area contributed by atoms with E-state index in [0.717, 1.165) is 11.1 Å².